The van der Waals surface area contributed by atoms with E-state index >= 15 is 0 Å². The van der Waals surface area contributed by atoms with Gasteiger partial charge in [-0.05, 0) is 36.9 Å². The lowest BCUT2D eigenvalue weighted by Crippen LogP contribution is -2.58. The van der Waals surface area contributed by atoms with Crippen LogP contribution in [0, 0.1) is 0 Å². The van der Waals surface area contributed by atoms with E-state index in [4.69, 9.17) is 5.73 Å². The Morgan fingerprint density at radius 1 is 1.03 bits per heavy atom. The van der Waals surface area contributed by atoms with Gasteiger partial charge in [0.05, 0.1) is 12.4 Å². The van der Waals surface area contributed by atoms with Crippen LogP contribution in [0.5, 0.6) is 0 Å². The summed E-state index contributed by atoms with van der Waals surface area (Å²) in [6.45, 7) is 0. The number of amides is 3. The van der Waals surface area contributed by atoms with E-state index in [1.165, 1.54) is 24.3 Å². The average molecular weight is 521 g/mol. The van der Waals surface area contributed by atoms with E-state index in [-0.39, 0.29) is 18.6 Å². The Kier molecular flexibility index (Phi) is 14.0. The Morgan fingerprint density at radius 3 is 2.15 bits per heavy atom. The zero-order valence-electron chi connectivity index (χ0n) is 18.6. The molecule has 11 nitrogen and oxygen atoms in total. The van der Waals surface area contributed by atoms with E-state index in [0.29, 0.717) is 23.6 Å². The van der Waals surface area contributed by atoms with Crippen LogP contribution in [0.1, 0.15) is 18.5 Å². The number of nitrogens with zero attached hydrogens (tertiary/aromatic N) is 1. The van der Waals surface area contributed by atoms with E-state index in [1.54, 1.807) is 11.8 Å². The quantitative estimate of drug-likeness (QED) is 0.138. The maximum Gasteiger partial charge on any atom is 0.327 e. The number of nitrogens with one attached hydrogen (secondary N) is 4. The Morgan fingerprint density at radius 2 is 1.61 bits per heavy atom. The number of rotatable bonds is 16. The number of imidazole rings is 1. The molecule has 186 valence electrons. The third-order valence-corrected chi connectivity index (χ3v) is 6.28. The Balaban J connectivity index is 2.97. The smallest absolute Gasteiger partial charge is 0.327 e. The molecule has 0 saturated carbocycles. The molecule has 0 saturated heterocycles. The number of carbonyl (C=O) groups excluding carboxylic acids is 3. The van der Waals surface area contributed by atoms with Crippen molar-refractivity contribution >= 4 is 59.8 Å². The number of H-pyrrole nitrogens is 1. The number of carboxylic acid groups (broad SMARTS) is 1. The van der Waals surface area contributed by atoms with Crippen LogP contribution in [-0.2, 0) is 25.6 Å². The molecule has 1 aromatic heterocycles. The molecule has 0 aromatic carbocycles. The largest absolute Gasteiger partial charge is 0.480 e. The van der Waals surface area contributed by atoms with Crippen molar-refractivity contribution in [3.05, 3.63) is 18.2 Å². The van der Waals surface area contributed by atoms with Gasteiger partial charge in [-0.15, -0.1) is 0 Å². The number of hydrogen-bond acceptors (Lipinski definition) is 9. The first-order valence-corrected chi connectivity index (χ1v) is 13.6. The fourth-order valence-corrected chi connectivity index (χ4v) is 3.92. The number of hydrogen-bond donors (Lipinski definition) is 7. The molecule has 0 spiro atoms. The summed E-state index contributed by atoms with van der Waals surface area (Å²) in [4.78, 5) is 56.4. The van der Waals surface area contributed by atoms with Crippen LogP contribution in [0.25, 0.3) is 0 Å². The third kappa shape index (κ3) is 10.7. The van der Waals surface area contributed by atoms with Crippen LogP contribution in [0.15, 0.2) is 12.5 Å². The highest BCUT2D eigenvalue weighted by atomic mass is 32.2. The molecule has 0 fully saturated rings. The Bertz CT molecular complexity index is 767. The summed E-state index contributed by atoms with van der Waals surface area (Å²) in [5.41, 5.74) is 6.54. The molecule has 7 N–H and O–H groups in total. The summed E-state index contributed by atoms with van der Waals surface area (Å²) in [6.07, 6.45) is 7.57. The average Bonchev–Trinajstić information content (AvgIpc) is 3.30. The van der Waals surface area contributed by atoms with Gasteiger partial charge in [0.25, 0.3) is 0 Å². The summed E-state index contributed by atoms with van der Waals surface area (Å²) in [6, 6.07) is -3.97. The fraction of sp³-hybridized carbons (Fsp3) is 0.632. The van der Waals surface area contributed by atoms with Crippen LogP contribution < -0.4 is 21.7 Å². The van der Waals surface area contributed by atoms with Gasteiger partial charge < -0.3 is 31.8 Å². The van der Waals surface area contributed by atoms with Crippen LogP contribution >= 0.6 is 36.2 Å². The maximum absolute atomic E-state index is 13.1. The van der Waals surface area contributed by atoms with Crippen LogP contribution in [-0.4, -0.2) is 92.7 Å². The second-order valence-electron chi connectivity index (χ2n) is 7.15. The molecule has 0 radical (unpaired) electrons. The molecular formula is C19H32N6O5S3. The Hall–Kier alpha value is -1.90. The lowest BCUT2D eigenvalue weighted by molar-refractivity contribution is -0.141. The summed E-state index contributed by atoms with van der Waals surface area (Å²) in [5.74, 6) is -1.79. The van der Waals surface area contributed by atoms with E-state index in [9.17, 15) is 24.3 Å². The predicted octanol–water partition coefficient (Wildman–Crippen LogP) is -0.745. The number of thiol groups is 1. The molecule has 0 aliphatic heterocycles. The zero-order valence-corrected chi connectivity index (χ0v) is 21.1. The van der Waals surface area contributed by atoms with Crippen molar-refractivity contribution in [2.75, 3.05) is 29.8 Å². The molecule has 0 aliphatic rings. The number of aromatic nitrogens is 2. The van der Waals surface area contributed by atoms with Gasteiger partial charge in [0.1, 0.15) is 18.1 Å². The highest BCUT2D eigenvalue weighted by molar-refractivity contribution is 7.98. The highest BCUT2D eigenvalue weighted by Crippen LogP contribution is 2.06. The van der Waals surface area contributed by atoms with Gasteiger partial charge in [0.15, 0.2) is 0 Å². The number of nitrogens with two attached hydrogens (primary N) is 1. The number of carboxylic acids is 1. The van der Waals surface area contributed by atoms with Crippen molar-refractivity contribution in [3.63, 3.8) is 0 Å². The summed E-state index contributed by atoms with van der Waals surface area (Å²) < 4.78 is 0. The first-order chi connectivity index (χ1) is 15.7. The molecule has 33 heavy (non-hydrogen) atoms. The molecular weight excluding hydrogens is 488 g/mol. The first kappa shape index (κ1) is 29.1. The lowest BCUT2D eigenvalue weighted by atomic mass is 10.1. The summed E-state index contributed by atoms with van der Waals surface area (Å²) in [7, 11) is 0. The second-order valence-corrected chi connectivity index (χ2v) is 9.49. The number of carbonyl (C=O) groups is 4. The predicted molar refractivity (Wildman–Crippen MR) is 134 cm³/mol. The third-order valence-electron chi connectivity index (χ3n) is 4.62. The van der Waals surface area contributed by atoms with Crippen molar-refractivity contribution in [1.82, 2.24) is 25.9 Å². The van der Waals surface area contributed by atoms with E-state index < -0.39 is 47.9 Å². The molecule has 3 amide bonds. The van der Waals surface area contributed by atoms with Gasteiger partial charge in [-0.3, -0.25) is 14.4 Å². The van der Waals surface area contributed by atoms with Gasteiger partial charge in [0.2, 0.25) is 17.7 Å². The molecule has 1 aromatic rings. The number of thioether (sulfide) groups is 2. The SMILES string of the molecule is CSCCC(N)C(=O)NC(Cc1cnc[nH]1)C(=O)NC(CCSC)C(=O)NC(CS)C(=O)O. The lowest BCUT2D eigenvalue weighted by Gasteiger charge is -2.24. The van der Waals surface area contributed by atoms with Crippen LogP contribution in [0.4, 0.5) is 0 Å². The minimum Gasteiger partial charge on any atom is -0.480 e. The van der Waals surface area contributed by atoms with Crippen molar-refractivity contribution in [2.45, 2.75) is 43.4 Å². The van der Waals surface area contributed by atoms with E-state index in [2.05, 4.69) is 38.5 Å². The van der Waals surface area contributed by atoms with E-state index in [0.717, 1.165) is 0 Å². The first-order valence-electron chi connectivity index (χ1n) is 10.2. The van der Waals surface area contributed by atoms with Crippen molar-refractivity contribution < 1.29 is 24.3 Å². The normalized spacial score (nSPS) is 14.5. The van der Waals surface area contributed by atoms with E-state index in [1.807, 2.05) is 12.5 Å². The molecule has 14 heteroatoms. The molecule has 1 heterocycles. The monoisotopic (exact) mass is 520 g/mol. The number of aliphatic carboxylic acids is 1. The standard InChI is InChI=1S/C19H32N6O5S3/c1-32-5-3-12(20)16(26)24-14(7-11-8-21-10-22-11)18(28)23-13(4-6-33-2)17(27)25-15(9-31)19(29)30/h8,10,12-15,31H,3-7,9,20H2,1-2H3,(H,21,22)(H,23,28)(H,24,26)(H,25,27)(H,29,30). The zero-order chi connectivity index (χ0) is 24.8. The van der Waals surface area contributed by atoms with Crippen molar-refractivity contribution in [3.8, 4) is 0 Å². The second kappa shape index (κ2) is 15.9. The van der Waals surface area contributed by atoms with Gasteiger partial charge in [-0.25, -0.2) is 9.78 Å². The van der Waals surface area contributed by atoms with Crippen LogP contribution in [0.3, 0.4) is 0 Å². The summed E-state index contributed by atoms with van der Waals surface area (Å²) in [5, 5.41) is 16.9. The van der Waals surface area contributed by atoms with Gasteiger partial charge in [0, 0.05) is 24.1 Å². The molecule has 0 aliphatic carbocycles. The Labute approximate surface area is 207 Å². The van der Waals surface area contributed by atoms with Gasteiger partial charge >= 0.3 is 5.97 Å². The number of aromatic amines is 1. The summed E-state index contributed by atoms with van der Waals surface area (Å²) >= 11 is 6.98. The molecule has 4 atom stereocenters. The topological polar surface area (TPSA) is 179 Å². The van der Waals surface area contributed by atoms with Crippen LogP contribution in [0.2, 0.25) is 0 Å². The molecule has 1 rings (SSSR count). The maximum atomic E-state index is 13.1. The van der Waals surface area contributed by atoms with Crippen molar-refractivity contribution in [1.29, 1.82) is 0 Å². The van der Waals surface area contributed by atoms with Crippen molar-refractivity contribution in [2.24, 2.45) is 5.73 Å². The molecule has 0 bridgehead atoms. The molecule has 4 unspecified atom stereocenters. The highest BCUT2D eigenvalue weighted by Gasteiger charge is 2.30. The minimum atomic E-state index is -1.23. The van der Waals surface area contributed by atoms with Gasteiger partial charge in [-0.2, -0.15) is 36.2 Å². The fourth-order valence-electron chi connectivity index (χ4n) is 2.71. The van der Waals surface area contributed by atoms with Gasteiger partial charge in [-0.1, -0.05) is 0 Å². The minimum absolute atomic E-state index is 0.100.